The van der Waals surface area contributed by atoms with Crippen molar-refractivity contribution in [3.8, 4) is 11.4 Å². The molecule has 1 unspecified atom stereocenters. The molecule has 1 atom stereocenters. The first-order chi connectivity index (χ1) is 16.0. The first-order valence-corrected chi connectivity index (χ1v) is 10.9. The summed E-state index contributed by atoms with van der Waals surface area (Å²) in [5.41, 5.74) is 5.21. The van der Waals surface area contributed by atoms with Crippen LogP contribution < -0.4 is 10.2 Å². The number of benzene rings is 3. The minimum absolute atomic E-state index is 0.296. The first-order valence-electron chi connectivity index (χ1n) is 10.5. The van der Waals surface area contributed by atoms with Crippen LogP contribution in [0.25, 0.3) is 17.0 Å². The number of nitrogens with one attached hydrogen (secondary N) is 1. The van der Waals surface area contributed by atoms with Crippen molar-refractivity contribution in [1.82, 2.24) is 15.5 Å². The van der Waals surface area contributed by atoms with Gasteiger partial charge in [-0.2, -0.15) is 4.98 Å². The van der Waals surface area contributed by atoms with Gasteiger partial charge in [0.25, 0.3) is 5.89 Å². The number of hydrogen-bond acceptors (Lipinski definition) is 4. The van der Waals surface area contributed by atoms with Gasteiger partial charge in [-0.3, -0.25) is 4.90 Å². The molecule has 0 saturated heterocycles. The Labute approximate surface area is 196 Å². The molecule has 4 aromatic rings. The van der Waals surface area contributed by atoms with Gasteiger partial charge in [-0.25, -0.2) is 4.39 Å². The van der Waals surface area contributed by atoms with Crippen LogP contribution in [-0.2, 0) is 0 Å². The number of aromatic nitrogens is 2. The molecular weight excluding hydrogens is 435 g/mol. The average Bonchev–Trinajstić information content (AvgIpc) is 3.29. The second kappa shape index (κ2) is 8.60. The predicted molar refractivity (Wildman–Crippen MR) is 131 cm³/mol. The minimum Gasteiger partial charge on any atom is -0.351 e. The Morgan fingerprint density at radius 1 is 0.970 bits per heavy atom. The average molecular weight is 457 g/mol. The third kappa shape index (κ3) is 4.03. The lowest BCUT2D eigenvalue weighted by Gasteiger charge is -2.37. The van der Waals surface area contributed by atoms with Gasteiger partial charge < -0.3 is 9.84 Å². The summed E-state index contributed by atoms with van der Waals surface area (Å²) >= 11 is 5.69. The number of hydrogen-bond donors (Lipinski definition) is 1. The molecule has 0 bridgehead atoms. The maximum absolute atomic E-state index is 14.0. The smallest absolute Gasteiger partial charge is 0.258 e. The fourth-order valence-corrected chi connectivity index (χ4v) is 4.35. The van der Waals surface area contributed by atoms with Crippen LogP contribution in [0, 0.1) is 12.7 Å². The Bertz CT molecular complexity index is 1350. The molecule has 33 heavy (non-hydrogen) atoms. The molecule has 5 nitrogen and oxygen atoms in total. The van der Waals surface area contributed by atoms with Crippen molar-refractivity contribution in [3.05, 3.63) is 107 Å². The van der Waals surface area contributed by atoms with Gasteiger partial charge in [0.2, 0.25) is 5.82 Å². The molecule has 2 heterocycles. The number of halogens is 1. The van der Waals surface area contributed by atoms with E-state index < -0.39 is 0 Å². The highest BCUT2D eigenvalue weighted by Gasteiger charge is 2.34. The van der Waals surface area contributed by atoms with E-state index in [1.807, 2.05) is 74.5 Å². The van der Waals surface area contributed by atoms with Crippen molar-refractivity contribution in [3.63, 3.8) is 0 Å². The summed E-state index contributed by atoms with van der Waals surface area (Å²) in [4.78, 5) is 6.51. The summed E-state index contributed by atoms with van der Waals surface area (Å²) in [6.07, 6.45) is 0. The number of thiocarbonyl (C=S) groups is 1. The quantitative estimate of drug-likeness (QED) is 0.377. The Morgan fingerprint density at radius 3 is 2.45 bits per heavy atom. The van der Waals surface area contributed by atoms with Gasteiger partial charge >= 0.3 is 0 Å². The van der Waals surface area contributed by atoms with E-state index in [1.165, 1.54) is 12.1 Å². The van der Waals surface area contributed by atoms with E-state index in [4.69, 9.17) is 21.7 Å². The van der Waals surface area contributed by atoms with Gasteiger partial charge in [0.05, 0.1) is 17.3 Å². The summed E-state index contributed by atoms with van der Waals surface area (Å²) in [6, 6.07) is 23.9. The second-order valence-electron chi connectivity index (χ2n) is 7.90. The van der Waals surface area contributed by atoms with E-state index in [1.54, 1.807) is 11.0 Å². The van der Waals surface area contributed by atoms with E-state index in [0.29, 0.717) is 22.5 Å². The van der Waals surface area contributed by atoms with Crippen molar-refractivity contribution in [2.75, 3.05) is 4.90 Å². The van der Waals surface area contributed by atoms with Crippen LogP contribution in [-0.4, -0.2) is 15.3 Å². The third-order valence-electron chi connectivity index (χ3n) is 5.65. The SMILES string of the molecule is CC1=C(c2nc(-c3ccc(C)cc3)no2)C(c2ccccc2)NC(=S)N1c1cccc(F)c1. The topological polar surface area (TPSA) is 54.2 Å². The van der Waals surface area contributed by atoms with Gasteiger partial charge in [0.1, 0.15) is 5.82 Å². The summed E-state index contributed by atoms with van der Waals surface area (Å²) in [5, 5.41) is 8.08. The van der Waals surface area contributed by atoms with Crippen molar-refractivity contribution >= 4 is 28.6 Å². The zero-order valence-corrected chi connectivity index (χ0v) is 18.9. The highest BCUT2D eigenvalue weighted by atomic mass is 32.1. The van der Waals surface area contributed by atoms with Crippen LogP contribution in [0.1, 0.15) is 30.0 Å². The zero-order valence-electron chi connectivity index (χ0n) is 18.1. The Kier molecular flexibility index (Phi) is 5.48. The van der Waals surface area contributed by atoms with E-state index in [-0.39, 0.29) is 11.9 Å². The van der Waals surface area contributed by atoms with Crippen LogP contribution in [0.3, 0.4) is 0 Å². The van der Waals surface area contributed by atoms with E-state index in [9.17, 15) is 4.39 Å². The summed E-state index contributed by atoms with van der Waals surface area (Å²) in [7, 11) is 0. The van der Waals surface area contributed by atoms with Gasteiger partial charge in [0, 0.05) is 11.3 Å². The number of allylic oxidation sites excluding steroid dienone is 1. The first kappa shape index (κ1) is 21.0. The standard InChI is InChI=1S/C26H21FN4OS/c1-16-11-13-19(14-12-16)24-29-25(32-30-24)22-17(2)31(21-10-6-9-20(27)15-21)26(33)28-23(22)18-7-4-3-5-8-18/h3-15,23H,1-2H3,(H,28,33). The third-order valence-corrected chi connectivity index (χ3v) is 5.95. The monoisotopic (exact) mass is 456 g/mol. The van der Waals surface area contributed by atoms with Crippen LogP contribution in [0.4, 0.5) is 10.1 Å². The molecule has 0 saturated carbocycles. The van der Waals surface area contributed by atoms with E-state index in [2.05, 4.69) is 10.5 Å². The van der Waals surface area contributed by atoms with Crippen LogP contribution in [0.2, 0.25) is 0 Å². The van der Waals surface area contributed by atoms with Gasteiger partial charge in [-0.05, 0) is 49.8 Å². The Morgan fingerprint density at radius 2 is 1.73 bits per heavy atom. The maximum atomic E-state index is 14.0. The van der Waals surface area contributed by atoms with Gasteiger partial charge in [-0.1, -0.05) is 71.4 Å². The molecule has 3 aromatic carbocycles. The summed E-state index contributed by atoms with van der Waals surface area (Å²) in [6.45, 7) is 3.96. The number of anilines is 1. The van der Waals surface area contributed by atoms with E-state index in [0.717, 1.165) is 28.0 Å². The van der Waals surface area contributed by atoms with Crippen LogP contribution in [0.15, 0.2) is 89.1 Å². The van der Waals surface area contributed by atoms with E-state index >= 15 is 0 Å². The van der Waals surface area contributed by atoms with Crippen molar-refractivity contribution in [2.45, 2.75) is 19.9 Å². The van der Waals surface area contributed by atoms with Crippen molar-refractivity contribution in [1.29, 1.82) is 0 Å². The fourth-order valence-electron chi connectivity index (χ4n) is 3.99. The Balaban J connectivity index is 1.65. The molecule has 0 spiro atoms. The van der Waals surface area contributed by atoms with Crippen LogP contribution in [0.5, 0.6) is 0 Å². The molecular formula is C26H21FN4OS. The van der Waals surface area contributed by atoms with Crippen LogP contribution >= 0.6 is 12.2 Å². The second-order valence-corrected chi connectivity index (χ2v) is 8.28. The maximum Gasteiger partial charge on any atom is 0.258 e. The predicted octanol–water partition coefficient (Wildman–Crippen LogP) is 6.05. The number of nitrogens with zero attached hydrogens (tertiary/aromatic N) is 3. The summed E-state index contributed by atoms with van der Waals surface area (Å²) in [5.74, 6) is 0.546. The van der Waals surface area contributed by atoms with Crippen molar-refractivity contribution < 1.29 is 8.91 Å². The van der Waals surface area contributed by atoms with Gasteiger partial charge in [-0.15, -0.1) is 0 Å². The largest absolute Gasteiger partial charge is 0.351 e. The van der Waals surface area contributed by atoms with Crippen molar-refractivity contribution in [2.24, 2.45) is 0 Å². The lowest BCUT2D eigenvalue weighted by Crippen LogP contribution is -2.46. The molecule has 1 aliphatic rings. The molecule has 0 amide bonds. The molecule has 5 rings (SSSR count). The highest BCUT2D eigenvalue weighted by molar-refractivity contribution is 7.80. The molecule has 1 N–H and O–H groups in total. The molecule has 1 aromatic heterocycles. The molecule has 0 fully saturated rings. The lowest BCUT2D eigenvalue weighted by atomic mass is 9.94. The number of rotatable bonds is 4. The normalized spacial score (nSPS) is 16.2. The Hall–Kier alpha value is -3.84. The minimum atomic E-state index is -0.339. The highest BCUT2D eigenvalue weighted by Crippen LogP contribution is 2.39. The summed E-state index contributed by atoms with van der Waals surface area (Å²) < 4.78 is 19.8. The lowest BCUT2D eigenvalue weighted by molar-refractivity contribution is 0.404. The van der Waals surface area contributed by atoms with Gasteiger partial charge in [0.15, 0.2) is 5.11 Å². The molecule has 0 radical (unpaired) electrons. The molecule has 7 heteroatoms. The zero-order chi connectivity index (χ0) is 22.9. The molecule has 164 valence electrons. The fraction of sp³-hybridized carbons (Fsp3) is 0.115. The molecule has 0 aliphatic carbocycles. The number of aryl methyl sites for hydroxylation is 1. The molecule has 1 aliphatic heterocycles.